The van der Waals surface area contributed by atoms with Gasteiger partial charge in [-0.25, -0.2) is 9.78 Å². The van der Waals surface area contributed by atoms with Crippen molar-refractivity contribution in [2.24, 2.45) is 0 Å². The van der Waals surface area contributed by atoms with E-state index in [1.165, 1.54) is 30.7 Å². The van der Waals surface area contributed by atoms with Crippen molar-refractivity contribution in [1.29, 1.82) is 0 Å². The first-order chi connectivity index (χ1) is 9.11. The van der Waals surface area contributed by atoms with Crippen LogP contribution >= 0.6 is 22.9 Å². The number of aromatic nitrogens is 1. The van der Waals surface area contributed by atoms with Crippen molar-refractivity contribution in [1.82, 2.24) is 4.98 Å². The van der Waals surface area contributed by atoms with Gasteiger partial charge < -0.3 is 10.1 Å². The van der Waals surface area contributed by atoms with Gasteiger partial charge in [0.05, 0.1) is 18.4 Å². The van der Waals surface area contributed by atoms with Crippen LogP contribution in [0.2, 0.25) is 5.15 Å². The van der Waals surface area contributed by atoms with Gasteiger partial charge >= 0.3 is 5.97 Å². The van der Waals surface area contributed by atoms with Crippen molar-refractivity contribution < 1.29 is 14.3 Å². The summed E-state index contributed by atoms with van der Waals surface area (Å²) in [5, 5.41) is 4.63. The Hall–Kier alpha value is -1.92. The molecule has 0 aliphatic carbocycles. The van der Waals surface area contributed by atoms with Crippen LogP contribution in [0.5, 0.6) is 0 Å². The van der Waals surface area contributed by atoms with Crippen molar-refractivity contribution in [3.05, 3.63) is 45.4 Å². The first-order valence-electron chi connectivity index (χ1n) is 5.20. The molecule has 0 spiro atoms. The van der Waals surface area contributed by atoms with E-state index in [4.69, 9.17) is 11.6 Å². The number of methoxy groups -OCH3 is 1. The number of rotatable bonds is 3. The second-order valence-electron chi connectivity index (χ2n) is 3.48. The van der Waals surface area contributed by atoms with E-state index in [2.05, 4.69) is 15.0 Å². The molecule has 0 aromatic carbocycles. The SMILES string of the molecule is COC(=O)c1sccc1NC(=O)c1ccc(Cl)nc1. The maximum atomic E-state index is 11.9. The molecule has 2 rings (SSSR count). The summed E-state index contributed by atoms with van der Waals surface area (Å²) >= 11 is 6.84. The summed E-state index contributed by atoms with van der Waals surface area (Å²) in [6.45, 7) is 0. The summed E-state index contributed by atoms with van der Waals surface area (Å²) in [5.74, 6) is -0.854. The van der Waals surface area contributed by atoms with Crippen LogP contribution in [0.1, 0.15) is 20.0 Å². The van der Waals surface area contributed by atoms with Gasteiger partial charge in [0.1, 0.15) is 10.0 Å². The maximum absolute atomic E-state index is 11.9. The number of nitrogens with zero attached hydrogens (tertiary/aromatic N) is 1. The Labute approximate surface area is 118 Å². The lowest BCUT2D eigenvalue weighted by molar-refractivity contribution is 0.0607. The third-order valence-corrected chi connectivity index (χ3v) is 3.39. The second-order valence-corrected chi connectivity index (χ2v) is 4.78. The Morgan fingerprint density at radius 2 is 2.16 bits per heavy atom. The highest BCUT2D eigenvalue weighted by atomic mass is 35.5. The van der Waals surface area contributed by atoms with E-state index in [0.29, 0.717) is 21.3 Å². The summed E-state index contributed by atoms with van der Waals surface area (Å²) in [5.41, 5.74) is 0.767. The minimum absolute atomic E-state index is 0.308. The van der Waals surface area contributed by atoms with Crippen LogP contribution in [0.4, 0.5) is 5.69 Å². The largest absolute Gasteiger partial charge is 0.465 e. The monoisotopic (exact) mass is 296 g/mol. The van der Waals surface area contributed by atoms with Gasteiger partial charge in [-0.1, -0.05) is 11.6 Å². The molecule has 2 aromatic heterocycles. The number of ether oxygens (including phenoxy) is 1. The number of thiophene rings is 1. The summed E-state index contributed by atoms with van der Waals surface area (Å²) in [7, 11) is 1.29. The van der Waals surface area contributed by atoms with Crippen LogP contribution < -0.4 is 5.32 Å². The van der Waals surface area contributed by atoms with E-state index in [0.717, 1.165) is 0 Å². The lowest BCUT2D eigenvalue weighted by atomic mass is 10.2. The van der Waals surface area contributed by atoms with Gasteiger partial charge in [0.2, 0.25) is 0 Å². The van der Waals surface area contributed by atoms with Crippen molar-refractivity contribution in [2.75, 3.05) is 12.4 Å². The molecule has 98 valence electrons. The van der Waals surface area contributed by atoms with Crippen LogP contribution in [0, 0.1) is 0 Å². The van der Waals surface area contributed by atoms with E-state index in [1.807, 2.05) is 0 Å². The Morgan fingerprint density at radius 3 is 2.79 bits per heavy atom. The highest BCUT2D eigenvalue weighted by Gasteiger charge is 2.16. The molecule has 0 aliphatic heterocycles. The van der Waals surface area contributed by atoms with Crippen molar-refractivity contribution >= 4 is 40.5 Å². The minimum atomic E-state index is -0.487. The van der Waals surface area contributed by atoms with Crippen molar-refractivity contribution in [2.45, 2.75) is 0 Å². The molecule has 0 saturated carbocycles. The Morgan fingerprint density at radius 1 is 1.37 bits per heavy atom. The smallest absolute Gasteiger partial charge is 0.350 e. The summed E-state index contributed by atoms with van der Waals surface area (Å²) in [4.78, 5) is 27.6. The zero-order valence-corrected chi connectivity index (χ0v) is 11.4. The van der Waals surface area contributed by atoms with Gasteiger partial charge in [-0.05, 0) is 23.6 Å². The quantitative estimate of drug-likeness (QED) is 0.698. The molecule has 0 atom stereocenters. The van der Waals surface area contributed by atoms with Crippen LogP contribution in [0.25, 0.3) is 0 Å². The Bertz CT molecular complexity index is 610. The van der Waals surface area contributed by atoms with Crippen molar-refractivity contribution in [3.8, 4) is 0 Å². The third-order valence-electron chi connectivity index (χ3n) is 2.27. The van der Waals surface area contributed by atoms with Gasteiger partial charge in [-0.2, -0.15) is 0 Å². The summed E-state index contributed by atoms with van der Waals surface area (Å²) < 4.78 is 4.63. The maximum Gasteiger partial charge on any atom is 0.350 e. The molecule has 1 N–H and O–H groups in total. The first kappa shape index (κ1) is 13.5. The first-order valence-corrected chi connectivity index (χ1v) is 6.46. The van der Waals surface area contributed by atoms with E-state index >= 15 is 0 Å². The summed E-state index contributed by atoms with van der Waals surface area (Å²) in [6, 6.07) is 4.71. The molecule has 0 aliphatic rings. The molecule has 0 bridgehead atoms. The summed E-state index contributed by atoms with van der Waals surface area (Å²) in [6.07, 6.45) is 1.36. The number of carbonyl (C=O) groups excluding carboxylic acids is 2. The molecule has 7 heteroatoms. The molecule has 2 aromatic rings. The zero-order valence-electron chi connectivity index (χ0n) is 9.84. The zero-order chi connectivity index (χ0) is 13.8. The molecule has 1 amide bonds. The lowest BCUT2D eigenvalue weighted by Gasteiger charge is -2.05. The highest BCUT2D eigenvalue weighted by molar-refractivity contribution is 7.12. The van der Waals surface area contributed by atoms with E-state index in [9.17, 15) is 9.59 Å². The molecule has 0 saturated heterocycles. The normalized spacial score (nSPS) is 10.0. The van der Waals surface area contributed by atoms with Gasteiger partial charge in [-0.15, -0.1) is 11.3 Å². The van der Waals surface area contributed by atoms with Gasteiger partial charge in [0, 0.05) is 6.20 Å². The third kappa shape index (κ3) is 3.10. The molecule has 2 heterocycles. The number of esters is 1. The minimum Gasteiger partial charge on any atom is -0.465 e. The van der Waals surface area contributed by atoms with E-state index < -0.39 is 5.97 Å². The average Bonchev–Trinajstić information content (AvgIpc) is 2.86. The van der Waals surface area contributed by atoms with Crippen LogP contribution in [0.15, 0.2) is 29.8 Å². The number of hydrogen-bond donors (Lipinski definition) is 1. The fraction of sp³-hybridized carbons (Fsp3) is 0.0833. The average molecular weight is 297 g/mol. The lowest BCUT2D eigenvalue weighted by Crippen LogP contribution is -2.14. The fourth-order valence-corrected chi connectivity index (χ4v) is 2.24. The Balaban J connectivity index is 2.17. The number of hydrogen-bond acceptors (Lipinski definition) is 5. The predicted octanol–water partition coefficient (Wildman–Crippen LogP) is 2.84. The van der Waals surface area contributed by atoms with Crippen LogP contribution in [-0.4, -0.2) is 24.0 Å². The number of halogens is 1. The number of nitrogens with one attached hydrogen (secondary N) is 1. The fourth-order valence-electron chi connectivity index (χ4n) is 1.36. The van der Waals surface area contributed by atoms with Crippen LogP contribution in [-0.2, 0) is 4.74 Å². The van der Waals surface area contributed by atoms with Gasteiger partial charge in [-0.3, -0.25) is 4.79 Å². The molecule has 5 nitrogen and oxygen atoms in total. The number of carbonyl (C=O) groups is 2. The predicted molar refractivity (Wildman–Crippen MR) is 72.9 cm³/mol. The topological polar surface area (TPSA) is 68.3 Å². The van der Waals surface area contributed by atoms with E-state index in [-0.39, 0.29) is 5.91 Å². The van der Waals surface area contributed by atoms with E-state index in [1.54, 1.807) is 17.5 Å². The standard InChI is InChI=1S/C12H9ClN2O3S/c1-18-12(17)10-8(4-5-19-10)15-11(16)7-2-3-9(13)14-6-7/h2-6H,1H3,(H,15,16). The molecular formula is C12H9ClN2O3S. The molecule has 0 fully saturated rings. The van der Waals surface area contributed by atoms with Crippen LogP contribution in [0.3, 0.4) is 0 Å². The molecular weight excluding hydrogens is 288 g/mol. The number of pyridine rings is 1. The Kier molecular flexibility index (Phi) is 4.13. The number of anilines is 1. The second kappa shape index (κ2) is 5.81. The van der Waals surface area contributed by atoms with Gasteiger partial charge in [0.15, 0.2) is 0 Å². The number of amides is 1. The van der Waals surface area contributed by atoms with Gasteiger partial charge in [0.25, 0.3) is 5.91 Å². The molecule has 0 unspecified atom stereocenters. The highest BCUT2D eigenvalue weighted by Crippen LogP contribution is 2.23. The van der Waals surface area contributed by atoms with Crippen molar-refractivity contribution in [3.63, 3.8) is 0 Å². The molecule has 0 radical (unpaired) electrons. The molecule has 19 heavy (non-hydrogen) atoms.